The van der Waals surface area contributed by atoms with E-state index in [1.165, 1.54) is 10.9 Å². The summed E-state index contributed by atoms with van der Waals surface area (Å²) in [6.07, 6.45) is 2.86. The number of fused-ring (bicyclic) bond motifs is 1. The Hall–Kier alpha value is -1.98. The van der Waals surface area contributed by atoms with Gasteiger partial charge in [-0.2, -0.15) is 0 Å². The molecular weight excluding hydrogens is 298 g/mol. The van der Waals surface area contributed by atoms with Crippen LogP contribution < -0.4 is 0 Å². The molecule has 0 saturated carbocycles. The second kappa shape index (κ2) is 5.09. The molecule has 0 aliphatic heterocycles. The van der Waals surface area contributed by atoms with Crippen LogP contribution in [0.5, 0.6) is 0 Å². The highest BCUT2D eigenvalue weighted by Gasteiger charge is 2.10. The Kier molecular flexibility index (Phi) is 3.09. The number of aryl methyl sites for hydroxylation is 1. The van der Waals surface area contributed by atoms with Crippen molar-refractivity contribution in [2.45, 2.75) is 13.3 Å². The van der Waals surface area contributed by atoms with Crippen molar-refractivity contribution in [3.05, 3.63) is 56.9 Å². The molecule has 0 saturated heterocycles. The number of hydrogen-bond donors (Lipinski definition) is 1. The third-order valence-electron chi connectivity index (χ3n) is 3.42. The van der Waals surface area contributed by atoms with E-state index in [-0.39, 0.29) is 0 Å². The van der Waals surface area contributed by atoms with Gasteiger partial charge < -0.3 is 4.98 Å². The fourth-order valence-electron chi connectivity index (χ4n) is 2.44. The van der Waals surface area contributed by atoms with Crippen molar-refractivity contribution in [3.63, 3.8) is 0 Å². The highest BCUT2D eigenvalue weighted by Crippen LogP contribution is 2.30. The first kappa shape index (κ1) is 12.7. The average Bonchev–Trinajstić information content (AvgIpc) is 3.19. The van der Waals surface area contributed by atoms with Crippen LogP contribution in [0.15, 0.2) is 41.2 Å². The van der Waals surface area contributed by atoms with Gasteiger partial charge in [0, 0.05) is 39.8 Å². The summed E-state index contributed by atoms with van der Waals surface area (Å²) >= 11 is 3.39. The van der Waals surface area contributed by atoms with Crippen LogP contribution in [0.1, 0.15) is 15.7 Å². The molecule has 0 aliphatic carbocycles. The molecule has 0 bridgehead atoms. The Morgan fingerprint density at radius 2 is 2.00 bits per heavy atom. The fourth-order valence-corrected chi connectivity index (χ4v) is 3.87. The highest BCUT2D eigenvalue weighted by atomic mass is 32.1. The predicted octanol–water partition coefficient (Wildman–Crippen LogP) is 4.65. The normalized spacial score (nSPS) is 11.3. The summed E-state index contributed by atoms with van der Waals surface area (Å²) in [5.41, 5.74) is 4.47. The summed E-state index contributed by atoms with van der Waals surface area (Å²) in [6, 6.07) is 8.32. The molecule has 4 rings (SSSR count). The molecule has 0 radical (unpaired) electrons. The zero-order chi connectivity index (χ0) is 14.2. The largest absolute Gasteiger partial charge is 0.360 e. The van der Waals surface area contributed by atoms with Gasteiger partial charge in [-0.1, -0.05) is 18.2 Å². The van der Waals surface area contributed by atoms with Crippen LogP contribution in [-0.4, -0.2) is 15.0 Å². The van der Waals surface area contributed by atoms with Crippen LogP contribution in [0, 0.1) is 6.92 Å². The van der Waals surface area contributed by atoms with E-state index in [9.17, 15) is 0 Å². The molecular formula is C16H13N3S2. The molecule has 3 heterocycles. The topological polar surface area (TPSA) is 41.6 Å². The Morgan fingerprint density at radius 1 is 1.10 bits per heavy atom. The second-order valence-corrected chi connectivity index (χ2v) is 6.91. The van der Waals surface area contributed by atoms with E-state index in [0.717, 1.165) is 33.3 Å². The number of aromatic amines is 1. The van der Waals surface area contributed by atoms with E-state index in [1.807, 2.05) is 19.2 Å². The highest BCUT2D eigenvalue weighted by molar-refractivity contribution is 7.10. The lowest BCUT2D eigenvalue weighted by molar-refractivity contribution is 1.06. The SMILES string of the molecule is Cc1nc(Cc2nc(-c3c[nH]c4ccccc34)cs2)cs1. The summed E-state index contributed by atoms with van der Waals surface area (Å²) < 4.78 is 0. The Labute approximate surface area is 130 Å². The number of rotatable bonds is 3. The summed E-state index contributed by atoms with van der Waals surface area (Å²) in [6.45, 7) is 2.04. The molecule has 1 aromatic carbocycles. The van der Waals surface area contributed by atoms with Gasteiger partial charge in [-0.25, -0.2) is 9.97 Å². The van der Waals surface area contributed by atoms with Crippen LogP contribution in [0.25, 0.3) is 22.2 Å². The maximum atomic E-state index is 4.77. The lowest BCUT2D eigenvalue weighted by atomic mass is 10.1. The first-order valence-electron chi connectivity index (χ1n) is 6.71. The van der Waals surface area contributed by atoms with E-state index >= 15 is 0 Å². The van der Waals surface area contributed by atoms with E-state index in [1.54, 1.807) is 22.7 Å². The Balaban J connectivity index is 1.68. The zero-order valence-electron chi connectivity index (χ0n) is 11.5. The third-order valence-corrected chi connectivity index (χ3v) is 5.09. The van der Waals surface area contributed by atoms with Gasteiger partial charge >= 0.3 is 0 Å². The minimum atomic E-state index is 0.817. The van der Waals surface area contributed by atoms with Gasteiger partial charge in [0.2, 0.25) is 0 Å². The number of nitrogens with zero attached hydrogens (tertiary/aromatic N) is 2. The number of benzene rings is 1. The monoisotopic (exact) mass is 311 g/mol. The zero-order valence-corrected chi connectivity index (χ0v) is 13.1. The fraction of sp³-hybridized carbons (Fsp3) is 0.125. The molecule has 3 aromatic heterocycles. The van der Waals surface area contributed by atoms with Crippen molar-refractivity contribution in [2.24, 2.45) is 0 Å². The van der Waals surface area contributed by atoms with Crippen molar-refractivity contribution in [2.75, 3.05) is 0 Å². The minimum Gasteiger partial charge on any atom is -0.360 e. The second-order valence-electron chi connectivity index (χ2n) is 4.91. The smallest absolute Gasteiger partial charge is 0.0992 e. The molecule has 1 N–H and O–H groups in total. The third kappa shape index (κ3) is 2.39. The van der Waals surface area contributed by atoms with Crippen LogP contribution in [0.2, 0.25) is 0 Å². The molecule has 5 heteroatoms. The molecule has 0 amide bonds. The molecule has 0 spiro atoms. The summed E-state index contributed by atoms with van der Waals surface area (Å²) in [5.74, 6) is 0. The van der Waals surface area contributed by atoms with Gasteiger partial charge in [0.25, 0.3) is 0 Å². The minimum absolute atomic E-state index is 0.817. The summed E-state index contributed by atoms with van der Waals surface area (Å²) in [7, 11) is 0. The number of hydrogen-bond acceptors (Lipinski definition) is 4. The molecule has 0 aliphatic rings. The van der Waals surface area contributed by atoms with Crippen LogP contribution in [0.4, 0.5) is 0 Å². The van der Waals surface area contributed by atoms with Crippen molar-refractivity contribution in [3.8, 4) is 11.3 Å². The standard InChI is InChI=1S/C16H13N3S2/c1-10-18-11(8-20-10)6-16-19-15(9-21-16)13-7-17-14-5-3-2-4-12(13)14/h2-5,7-9,17H,6H2,1H3. The number of thiazole rings is 2. The van der Waals surface area contributed by atoms with Crippen molar-refractivity contribution >= 4 is 33.6 Å². The van der Waals surface area contributed by atoms with Crippen LogP contribution in [-0.2, 0) is 6.42 Å². The number of aromatic nitrogens is 3. The van der Waals surface area contributed by atoms with Gasteiger partial charge in [0.15, 0.2) is 0 Å². The van der Waals surface area contributed by atoms with Crippen LogP contribution >= 0.6 is 22.7 Å². The molecule has 4 aromatic rings. The van der Waals surface area contributed by atoms with E-state index in [4.69, 9.17) is 4.98 Å². The molecule has 3 nitrogen and oxygen atoms in total. The van der Waals surface area contributed by atoms with E-state index in [2.05, 4.69) is 38.9 Å². The summed E-state index contributed by atoms with van der Waals surface area (Å²) in [5, 5.41) is 7.68. The van der Waals surface area contributed by atoms with Gasteiger partial charge in [0.05, 0.1) is 21.4 Å². The molecule has 0 fully saturated rings. The maximum absolute atomic E-state index is 4.77. The Bertz CT molecular complexity index is 901. The summed E-state index contributed by atoms with van der Waals surface area (Å²) in [4.78, 5) is 12.6. The van der Waals surface area contributed by atoms with E-state index < -0.39 is 0 Å². The first-order chi connectivity index (χ1) is 10.3. The maximum Gasteiger partial charge on any atom is 0.0992 e. The van der Waals surface area contributed by atoms with Crippen molar-refractivity contribution in [1.29, 1.82) is 0 Å². The lowest BCUT2D eigenvalue weighted by Gasteiger charge is -1.94. The average molecular weight is 311 g/mol. The predicted molar refractivity (Wildman–Crippen MR) is 89.1 cm³/mol. The molecule has 21 heavy (non-hydrogen) atoms. The van der Waals surface area contributed by atoms with Gasteiger partial charge in [-0.15, -0.1) is 22.7 Å². The Morgan fingerprint density at radius 3 is 2.86 bits per heavy atom. The number of H-pyrrole nitrogens is 1. The quantitative estimate of drug-likeness (QED) is 0.598. The van der Waals surface area contributed by atoms with Gasteiger partial charge in [0.1, 0.15) is 0 Å². The number of para-hydroxylation sites is 1. The molecule has 0 atom stereocenters. The van der Waals surface area contributed by atoms with Gasteiger partial charge in [-0.05, 0) is 13.0 Å². The van der Waals surface area contributed by atoms with Crippen molar-refractivity contribution in [1.82, 2.24) is 15.0 Å². The van der Waals surface area contributed by atoms with Gasteiger partial charge in [-0.3, -0.25) is 0 Å². The molecule has 104 valence electrons. The number of nitrogens with one attached hydrogen (secondary N) is 1. The van der Waals surface area contributed by atoms with Crippen LogP contribution in [0.3, 0.4) is 0 Å². The lowest BCUT2D eigenvalue weighted by Crippen LogP contribution is -1.87. The first-order valence-corrected chi connectivity index (χ1v) is 8.47. The molecule has 0 unspecified atom stereocenters. The van der Waals surface area contributed by atoms with E-state index in [0.29, 0.717) is 0 Å². The van der Waals surface area contributed by atoms with Crippen molar-refractivity contribution < 1.29 is 0 Å².